The van der Waals surface area contributed by atoms with E-state index in [1.54, 1.807) is 6.07 Å². The number of rotatable bonds is 2. The van der Waals surface area contributed by atoms with Crippen LogP contribution in [0.4, 0.5) is 5.69 Å². The van der Waals surface area contributed by atoms with Crippen molar-refractivity contribution in [2.45, 2.75) is 107 Å². The van der Waals surface area contributed by atoms with Gasteiger partial charge in [-0.3, -0.25) is 14.4 Å². The van der Waals surface area contributed by atoms with Crippen molar-refractivity contribution in [3.8, 4) is 5.75 Å². The summed E-state index contributed by atoms with van der Waals surface area (Å²) in [4.78, 5) is 18.7. The molecule has 10 heteroatoms. The van der Waals surface area contributed by atoms with E-state index in [9.17, 15) is 14.1 Å². The summed E-state index contributed by atoms with van der Waals surface area (Å²) < 4.78 is 29.7. The standard InChI is InChI=1S/C40H54ClN3O5S/c1-26-6-4-17-40(46,24-43-21-32-11-12-33(22-43)49-32)35-13-8-30(35)20-44-23-39(16-5-7-28-18-31(41)10-14-34(28)39)25-48-37-15-9-29(19-36(37)44)38(45)42-50(3,47)27(26)2/h9-10,14-15,18-19,26-27,30,32-33,35,46H,3-8,11-13,16-17,20-25H2,1-2H3,(H,42,45,47)/t26-,27+,30-,32-,33+,35+,39-,40?,50?/m0/s1. The molecule has 9 atom stereocenters. The Labute approximate surface area is 303 Å². The fraction of sp³-hybridized carbons (Fsp3) is 0.650. The first-order valence-corrected chi connectivity index (χ1v) is 21.2. The number of hydrogen-bond acceptors (Lipinski definition) is 7. The first-order valence-electron chi connectivity index (χ1n) is 19.0. The highest BCUT2D eigenvalue weighted by Crippen LogP contribution is 2.49. The third kappa shape index (κ3) is 6.48. The molecule has 4 bridgehead atoms. The third-order valence-corrected chi connectivity index (χ3v) is 15.8. The molecule has 1 amide bonds. The van der Waals surface area contributed by atoms with Crippen molar-refractivity contribution in [1.82, 2.24) is 9.62 Å². The minimum absolute atomic E-state index is 0.0641. The van der Waals surface area contributed by atoms with Gasteiger partial charge in [0.15, 0.2) is 0 Å². The highest BCUT2D eigenvalue weighted by atomic mass is 35.5. The zero-order chi connectivity index (χ0) is 34.8. The summed E-state index contributed by atoms with van der Waals surface area (Å²) in [5, 5.41) is 13.3. The molecule has 4 aliphatic heterocycles. The first kappa shape index (κ1) is 34.8. The number of morpholine rings is 1. The molecule has 8 nitrogen and oxygen atoms in total. The van der Waals surface area contributed by atoms with Crippen LogP contribution >= 0.6 is 11.6 Å². The SMILES string of the molecule is C=S1(=O)NC(=O)c2ccc3c(c2)N(C[C@@H]2CC[C@H]2C(O)(CN2C[C@H]4CC[C@@H](C2)O4)CCC[C@H](C)[C@H]1C)C[C@@]1(CCCc2cc(Cl)ccc21)CO3. The van der Waals surface area contributed by atoms with Crippen LogP contribution in [0.1, 0.15) is 93.1 Å². The van der Waals surface area contributed by atoms with Crippen molar-refractivity contribution in [3.63, 3.8) is 0 Å². The maximum Gasteiger partial charge on any atom is 0.262 e. The second-order valence-electron chi connectivity index (χ2n) is 16.7. The lowest BCUT2D eigenvalue weighted by Gasteiger charge is -2.52. The van der Waals surface area contributed by atoms with Crippen molar-refractivity contribution >= 4 is 38.8 Å². The topological polar surface area (TPSA) is 91.3 Å². The van der Waals surface area contributed by atoms with Gasteiger partial charge >= 0.3 is 0 Å². The zero-order valence-electron chi connectivity index (χ0n) is 29.7. The van der Waals surface area contributed by atoms with Crippen LogP contribution in [0.3, 0.4) is 0 Å². The van der Waals surface area contributed by atoms with E-state index in [2.05, 4.69) is 39.4 Å². The molecular weight excluding hydrogens is 670 g/mol. The van der Waals surface area contributed by atoms with Gasteiger partial charge in [0.25, 0.3) is 5.91 Å². The number of nitrogens with one attached hydrogen (secondary N) is 1. The van der Waals surface area contributed by atoms with Crippen LogP contribution in [0.25, 0.3) is 0 Å². The quantitative estimate of drug-likeness (QED) is 0.368. The van der Waals surface area contributed by atoms with Gasteiger partial charge in [0.2, 0.25) is 0 Å². The number of aryl methyl sites for hydroxylation is 1. The largest absolute Gasteiger partial charge is 0.490 e. The molecule has 50 heavy (non-hydrogen) atoms. The van der Waals surface area contributed by atoms with E-state index < -0.39 is 15.3 Å². The molecule has 3 fully saturated rings. The van der Waals surface area contributed by atoms with Gasteiger partial charge in [-0.25, -0.2) is 4.21 Å². The highest BCUT2D eigenvalue weighted by Gasteiger charge is 2.50. The van der Waals surface area contributed by atoms with Crippen LogP contribution in [-0.2, 0) is 26.3 Å². The highest BCUT2D eigenvalue weighted by molar-refractivity contribution is 7.99. The number of ether oxygens (including phenoxy) is 2. The van der Waals surface area contributed by atoms with Gasteiger partial charge in [0.05, 0.1) is 39.8 Å². The van der Waals surface area contributed by atoms with Crippen molar-refractivity contribution < 1.29 is 23.6 Å². The summed E-state index contributed by atoms with van der Waals surface area (Å²) in [6, 6.07) is 11.9. The molecule has 6 aliphatic rings. The molecule has 8 rings (SSSR count). The molecule has 2 N–H and O–H groups in total. The molecule has 4 heterocycles. The Balaban J connectivity index is 1.18. The molecule has 0 radical (unpaired) electrons. The summed E-state index contributed by atoms with van der Waals surface area (Å²) in [5.41, 5.74) is 2.86. The Hall–Kier alpha value is -2.30. The van der Waals surface area contributed by atoms with Crippen LogP contribution in [0.2, 0.25) is 5.02 Å². The van der Waals surface area contributed by atoms with Crippen LogP contribution in [-0.4, -0.2) is 88.4 Å². The van der Waals surface area contributed by atoms with Gasteiger partial charge in [0, 0.05) is 54.0 Å². The summed E-state index contributed by atoms with van der Waals surface area (Å²) >= 11 is 6.49. The van der Waals surface area contributed by atoms with Crippen LogP contribution in [0.5, 0.6) is 5.75 Å². The predicted octanol–water partition coefficient (Wildman–Crippen LogP) is 6.00. The smallest absolute Gasteiger partial charge is 0.262 e. The lowest BCUT2D eigenvalue weighted by atomic mass is 9.62. The van der Waals surface area contributed by atoms with Gasteiger partial charge in [-0.1, -0.05) is 31.0 Å². The van der Waals surface area contributed by atoms with Crippen molar-refractivity contribution in [3.05, 3.63) is 58.1 Å². The number of nitrogens with zero attached hydrogens (tertiary/aromatic N) is 2. The number of aliphatic hydroxyl groups is 1. The maximum atomic E-state index is 14.0. The molecule has 2 aromatic rings. The number of amides is 1. The molecule has 0 aromatic heterocycles. The number of hydrogen-bond donors (Lipinski definition) is 2. The minimum Gasteiger partial charge on any atom is -0.490 e. The third-order valence-electron chi connectivity index (χ3n) is 13.4. The number of β-amino-alcohol motifs (C(OH)–C–C–N with tert-alkyl or cyclic N) is 1. The molecule has 1 saturated carbocycles. The fourth-order valence-corrected chi connectivity index (χ4v) is 12.0. The first-order chi connectivity index (χ1) is 23.9. The molecule has 2 aromatic carbocycles. The van der Waals surface area contributed by atoms with Gasteiger partial charge in [-0.05, 0) is 130 Å². The number of carbonyl (C=O) groups is 1. The Morgan fingerprint density at radius 1 is 1.02 bits per heavy atom. The van der Waals surface area contributed by atoms with E-state index in [0.29, 0.717) is 31.1 Å². The molecule has 2 aliphatic carbocycles. The lowest BCUT2D eigenvalue weighted by Crippen LogP contribution is -2.58. The van der Waals surface area contributed by atoms with E-state index in [-0.39, 0.29) is 40.6 Å². The van der Waals surface area contributed by atoms with E-state index in [4.69, 9.17) is 21.1 Å². The lowest BCUT2D eigenvalue weighted by molar-refractivity contribution is -0.125. The number of fused-ring (bicyclic) bond motifs is 6. The molecule has 2 unspecified atom stereocenters. The van der Waals surface area contributed by atoms with Crippen molar-refractivity contribution in [2.75, 3.05) is 44.2 Å². The van der Waals surface area contributed by atoms with E-state index >= 15 is 0 Å². The van der Waals surface area contributed by atoms with Gasteiger partial charge in [0.1, 0.15) is 5.75 Å². The zero-order valence-corrected chi connectivity index (χ0v) is 31.3. The van der Waals surface area contributed by atoms with Crippen molar-refractivity contribution in [2.24, 2.45) is 17.8 Å². The number of benzene rings is 2. The summed E-state index contributed by atoms with van der Waals surface area (Å²) in [6.07, 6.45) is 10.2. The summed E-state index contributed by atoms with van der Waals surface area (Å²) in [5.74, 6) is 4.97. The fourth-order valence-electron chi connectivity index (χ4n) is 10.3. The second-order valence-corrected chi connectivity index (χ2v) is 19.6. The van der Waals surface area contributed by atoms with Gasteiger partial charge in [-0.2, -0.15) is 0 Å². The normalized spacial score (nSPS) is 39.0. The van der Waals surface area contributed by atoms with Crippen molar-refractivity contribution in [1.29, 1.82) is 0 Å². The van der Waals surface area contributed by atoms with E-state index in [1.807, 2.05) is 25.1 Å². The number of halogens is 1. The van der Waals surface area contributed by atoms with Gasteiger partial charge < -0.3 is 19.5 Å². The molecule has 2 saturated heterocycles. The van der Waals surface area contributed by atoms with Gasteiger partial charge in [-0.15, -0.1) is 0 Å². The Kier molecular flexibility index (Phi) is 9.23. The van der Waals surface area contributed by atoms with Crippen LogP contribution in [0.15, 0.2) is 36.4 Å². The van der Waals surface area contributed by atoms with E-state index in [0.717, 1.165) is 100 Å². The number of likely N-dealkylation sites (tertiary alicyclic amines) is 1. The average molecular weight is 724 g/mol. The molecule has 1 spiro atoms. The number of carbonyl (C=O) groups excluding carboxylic acids is 1. The predicted molar refractivity (Wildman–Crippen MR) is 201 cm³/mol. The second kappa shape index (κ2) is 13.3. The molecule has 272 valence electrons. The van der Waals surface area contributed by atoms with Crippen LogP contribution < -0.4 is 14.4 Å². The minimum atomic E-state index is -2.94. The summed E-state index contributed by atoms with van der Waals surface area (Å²) in [7, 11) is -2.94. The van der Waals surface area contributed by atoms with E-state index in [1.165, 1.54) is 11.1 Å². The van der Waals surface area contributed by atoms with Crippen LogP contribution in [0, 0.1) is 17.8 Å². The monoisotopic (exact) mass is 723 g/mol. The maximum absolute atomic E-state index is 14.0. The Morgan fingerprint density at radius 2 is 1.82 bits per heavy atom. The number of anilines is 1. The Bertz CT molecular complexity index is 1730. The average Bonchev–Trinajstić information content (AvgIpc) is 3.32. The summed E-state index contributed by atoms with van der Waals surface area (Å²) in [6.45, 7) is 8.52. The molecular formula is C40H54ClN3O5S. The Morgan fingerprint density at radius 3 is 2.58 bits per heavy atom.